The van der Waals surface area contributed by atoms with Gasteiger partial charge in [0.2, 0.25) is 0 Å². The lowest BCUT2D eigenvalue weighted by Crippen LogP contribution is -1.86. The summed E-state index contributed by atoms with van der Waals surface area (Å²) in [7, 11) is 0. The van der Waals surface area contributed by atoms with E-state index in [9.17, 15) is 4.79 Å². The minimum Gasteiger partial charge on any atom is -0.481 e. The van der Waals surface area contributed by atoms with E-state index in [0.29, 0.717) is 0 Å². The Kier molecular flexibility index (Phi) is 19.2. The molecule has 0 aromatic rings. The van der Waals surface area contributed by atoms with Crippen molar-refractivity contribution in [3.05, 3.63) is 12.7 Å². The topological polar surface area (TPSA) is 37.3 Å². The van der Waals surface area contributed by atoms with E-state index in [1.54, 1.807) is 6.92 Å². The Labute approximate surface area is 107 Å². The Bertz CT molecular complexity index is 164. The van der Waals surface area contributed by atoms with Crippen molar-refractivity contribution in [3.8, 4) is 0 Å². The fourth-order valence-electron chi connectivity index (χ4n) is 1.42. The molecule has 2 heteroatoms. The molecule has 0 atom stereocenters. The normalized spacial score (nSPS) is 9.29. The predicted molar refractivity (Wildman–Crippen MR) is 75.4 cm³/mol. The highest BCUT2D eigenvalue weighted by atomic mass is 16.4. The molecule has 0 aliphatic heterocycles. The van der Waals surface area contributed by atoms with Crippen LogP contribution in [0.1, 0.15) is 78.1 Å². The summed E-state index contributed by atoms with van der Waals surface area (Å²) >= 11 is 0. The van der Waals surface area contributed by atoms with Crippen molar-refractivity contribution in [2.75, 3.05) is 0 Å². The number of carbonyl (C=O) groups is 1. The Hall–Kier alpha value is -0.790. The van der Waals surface area contributed by atoms with Gasteiger partial charge >= 0.3 is 5.97 Å². The van der Waals surface area contributed by atoms with E-state index in [-0.39, 0.29) is 6.42 Å². The molecular weight excluding hydrogens is 212 g/mol. The Morgan fingerprint density at radius 2 is 1.41 bits per heavy atom. The number of hydrogen-bond acceptors (Lipinski definition) is 1. The van der Waals surface area contributed by atoms with Crippen LogP contribution >= 0.6 is 0 Å². The lowest BCUT2D eigenvalue weighted by atomic mass is 10.1. The lowest BCUT2D eigenvalue weighted by molar-refractivity contribution is -0.136. The molecule has 0 bridgehead atoms. The molecule has 0 heterocycles. The standard InChI is InChI=1S/C12H24.C3H6O2/c1-3-5-7-9-11-12-10-8-6-4-2;1-2-3(4)5/h3H,1,4-12H2,2H3;2H2,1H3,(H,4,5). The van der Waals surface area contributed by atoms with E-state index in [0.717, 1.165) is 0 Å². The van der Waals surface area contributed by atoms with Gasteiger partial charge in [0.25, 0.3) is 0 Å². The summed E-state index contributed by atoms with van der Waals surface area (Å²) in [6, 6.07) is 0. The Morgan fingerprint density at radius 1 is 1.00 bits per heavy atom. The maximum atomic E-state index is 9.37. The molecule has 0 saturated heterocycles. The molecular formula is C15H30O2. The zero-order valence-corrected chi connectivity index (χ0v) is 11.7. The highest BCUT2D eigenvalue weighted by molar-refractivity contribution is 5.66. The van der Waals surface area contributed by atoms with Crippen LogP contribution in [0.4, 0.5) is 0 Å². The van der Waals surface area contributed by atoms with Gasteiger partial charge in [0.1, 0.15) is 0 Å². The molecule has 2 nitrogen and oxygen atoms in total. The maximum absolute atomic E-state index is 9.37. The number of unbranched alkanes of at least 4 members (excludes halogenated alkanes) is 8. The van der Waals surface area contributed by atoms with Crippen LogP contribution < -0.4 is 0 Å². The number of hydrogen-bond donors (Lipinski definition) is 1. The highest BCUT2D eigenvalue weighted by Crippen LogP contribution is 2.09. The van der Waals surface area contributed by atoms with Crippen LogP contribution in [-0.4, -0.2) is 11.1 Å². The third-order valence-corrected chi connectivity index (χ3v) is 2.56. The zero-order valence-electron chi connectivity index (χ0n) is 11.7. The van der Waals surface area contributed by atoms with Gasteiger partial charge in [-0.2, -0.15) is 0 Å². The second-order valence-electron chi connectivity index (χ2n) is 4.30. The van der Waals surface area contributed by atoms with E-state index in [2.05, 4.69) is 13.5 Å². The molecule has 0 aliphatic rings. The van der Waals surface area contributed by atoms with Crippen molar-refractivity contribution in [1.82, 2.24) is 0 Å². The fourth-order valence-corrected chi connectivity index (χ4v) is 1.42. The number of allylic oxidation sites excluding steroid dienone is 1. The predicted octanol–water partition coefficient (Wildman–Crippen LogP) is 5.18. The van der Waals surface area contributed by atoms with E-state index in [1.807, 2.05) is 6.08 Å². The summed E-state index contributed by atoms with van der Waals surface area (Å²) in [5, 5.41) is 7.72. The molecule has 17 heavy (non-hydrogen) atoms. The van der Waals surface area contributed by atoms with Gasteiger partial charge in [-0.1, -0.05) is 64.9 Å². The van der Waals surface area contributed by atoms with Crippen LogP contribution in [0.5, 0.6) is 0 Å². The van der Waals surface area contributed by atoms with E-state index < -0.39 is 5.97 Å². The van der Waals surface area contributed by atoms with Gasteiger partial charge in [-0.05, 0) is 12.8 Å². The molecule has 0 amide bonds. The van der Waals surface area contributed by atoms with Crippen molar-refractivity contribution in [3.63, 3.8) is 0 Å². The smallest absolute Gasteiger partial charge is 0.303 e. The molecule has 0 spiro atoms. The maximum Gasteiger partial charge on any atom is 0.303 e. The first-order valence-corrected chi connectivity index (χ1v) is 7.01. The molecule has 102 valence electrons. The minimum absolute atomic E-state index is 0.222. The molecule has 0 unspecified atom stereocenters. The van der Waals surface area contributed by atoms with Crippen LogP contribution in [0, 0.1) is 0 Å². The van der Waals surface area contributed by atoms with Crippen molar-refractivity contribution in [2.45, 2.75) is 78.1 Å². The van der Waals surface area contributed by atoms with E-state index in [1.165, 1.54) is 57.8 Å². The largest absolute Gasteiger partial charge is 0.481 e. The third kappa shape index (κ3) is 25.5. The van der Waals surface area contributed by atoms with Gasteiger partial charge in [-0.3, -0.25) is 4.79 Å². The second kappa shape index (κ2) is 17.6. The highest BCUT2D eigenvalue weighted by Gasteiger charge is 1.89. The van der Waals surface area contributed by atoms with Gasteiger partial charge in [0.15, 0.2) is 0 Å². The van der Waals surface area contributed by atoms with Crippen LogP contribution in [0.2, 0.25) is 0 Å². The van der Waals surface area contributed by atoms with E-state index >= 15 is 0 Å². The van der Waals surface area contributed by atoms with E-state index in [4.69, 9.17) is 5.11 Å². The molecule has 0 aromatic carbocycles. The quantitative estimate of drug-likeness (QED) is 0.423. The van der Waals surface area contributed by atoms with Crippen molar-refractivity contribution < 1.29 is 9.90 Å². The Morgan fingerprint density at radius 3 is 1.76 bits per heavy atom. The average molecular weight is 242 g/mol. The molecule has 0 radical (unpaired) electrons. The van der Waals surface area contributed by atoms with Crippen molar-refractivity contribution >= 4 is 5.97 Å². The Balaban J connectivity index is 0. The van der Waals surface area contributed by atoms with Crippen molar-refractivity contribution in [1.29, 1.82) is 0 Å². The number of rotatable bonds is 10. The van der Waals surface area contributed by atoms with Gasteiger partial charge in [-0.15, -0.1) is 6.58 Å². The number of carboxylic acid groups (broad SMARTS) is 1. The molecule has 0 rings (SSSR count). The SMILES string of the molecule is C=CCCCCCCCCCC.CCC(=O)O. The summed E-state index contributed by atoms with van der Waals surface area (Å²) in [5.74, 6) is -0.745. The first-order valence-electron chi connectivity index (χ1n) is 7.01. The average Bonchev–Trinajstić information content (AvgIpc) is 2.33. The van der Waals surface area contributed by atoms with Crippen LogP contribution in [-0.2, 0) is 4.79 Å². The minimum atomic E-state index is -0.745. The summed E-state index contributed by atoms with van der Waals surface area (Å²) in [5.41, 5.74) is 0. The fraction of sp³-hybridized carbons (Fsp3) is 0.800. The summed E-state index contributed by atoms with van der Waals surface area (Å²) < 4.78 is 0. The summed E-state index contributed by atoms with van der Waals surface area (Å²) in [6.45, 7) is 7.59. The van der Waals surface area contributed by atoms with Gasteiger partial charge < -0.3 is 5.11 Å². The molecule has 0 aliphatic carbocycles. The molecule has 0 saturated carbocycles. The van der Waals surface area contributed by atoms with Crippen LogP contribution in [0.25, 0.3) is 0 Å². The first kappa shape index (κ1) is 18.6. The summed E-state index contributed by atoms with van der Waals surface area (Å²) in [6.07, 6.45) is 14.7. The number of carboxylic acids is 1. The van der Waals surface area contributed by atoms with Gasteiger partial charge in [0, 0.05) is 6.42 Å². The molecule has 0 aromatic heterocycles. The van der Waals surface area contributed by atoms with Crippen LogP contribution in [0.3, 0.4) is 0 Å². The van der Waals surface area contributed by atoms with Gasteiger partial charge in [0.05, 0.1) is 0 Å². The van der Waals surface area contributed by atoms with Gasteiger partial charge in [-0.25, -0.2) is 0 Å². The second-order valence-corrected chi connectivity index (χ2v) is 4.30. The monoisotopic (exact) mass is 242 g/mol. The van der Waals surface area contributed by atoms with Crippen LogP contribution in [0.15, 0.2) is 12.7 Å². The lowest BCUT2D eigenvalue weighted by Gasteiger charge is -1.99. The molecule has 1 N–H and O–H groups in total. The molecule has 0 fully saturated rings. The number of aliphatic carboxylic acids is 1. The van der Waals surface area contributed by atoms with Crippen molar-refractivity contribution in [2.24, 2.45) is 0 Å². The zero-order chi connectivity index (χ0) is 13.4. The first-order chi connectivity index (χ1) is 8.18. The summed E-state index contributed by atoms with van der Waals surface area (Å²) in [4.78, 5) is 9.37. The third-order valence-electron chi connectivity index (χ3n) is 2.56.